The molecular formula is C18H21F3N6. The number of benzene rings is 1. The van der Waals surface area contributed by atoms with E-state index >= 15 is 0 Å². The highest BCUT2D eigenvalue weighted by Gasteiger charge is 2.37. The average Bonchev–Trinajstić information content (AvgIpc) is 3.04. The van der Waals surface area contributed by atoms with Gasteiger partial charge in [-0.15, -0.1) is 15.3 Å². The number of halogens is 3. The number of hydrogen-bond donors (Lipinski definition) is 1. The highest BCUT2D eigenvalue weighted by Crippen LogP contribution is 2.27. The molecule has 0 atom stereocenters. The molecule has 6 nitrogen and oxygen atoms in total. The zero-order valence-corrected chi connectivity index (χ0v) is 15.3. The molecule has 3 rings (SSSR count). The lowest BCUT2D eigenvalue weighted by Gasteiger charge is -2.22. The van der Waals surface area contributed by atoms with Crippen LogP contribution < -0.4 is 5.32 Å². The maximum atomic E-state index is 13.0. The summed E-state index contributed by atoms with van der Waals surface area (Å²) in [5.74, 6) is -0.820. The molecule has 0 bridgehead atoms. The molecule has 2 heterocycles. The molecule has 0 aliphatic heterocycles. The Kier molecular flexibility index (Phi) is 5.31. The van der Waals surface area contributed by atoms with Crippen molar-refractivity contribution in [1.82, 2.24) is 24.7 Å². The van der Waals surface area contributed by atoms with Gasteiger partial charge in [0.2, 0.25) is 0 Å². The van der Waals surface area contributed by atoms with E-state index in [-0.39, 0.29) is 5.65 Å². The fraction of sp³-hybridized carbons (Fsp3) is 0.389. The van der Waals surface area contributed by atoms with E-state index in [9.17, 15) is 13.2 Å². The summed E-state index contributed by atoms with van der Waals surface area (Å²) in [6.45, 7) is 5.48. The van der Waals surface area contributed by atoms with Gasteiger partial charge in [-0.2, -0.15) is 17.7 Å². The molecule has 27 heavy (non-hydrogen) atoms. The minimum atomic E-state index is -4.61. The number of fused-ring (bicyclic) bond motifs is 1. The lowest BCUT2D eigenvalue weighted by Crippen LogP contribution is -2.26. The van der Waals surface area contributed by atoms with Crippen LogP contribution in [0.5, 0.6) is 0 Å². The zero-order valence-electron chi connectivity index (χ0n) is 15.3. The Balaban J connectivity index is 1.79. The third-order valence-electron chi connectivity index (χ3n) is 4.40. The van der Waals surface area contributed by atoms with Crippen LogP contribution >= 0.6 is 0 Å². The Labute approximate surface area is 155 Å². The van der Waals surface area contributed by atoms with E-state index in [0.717, 1.165) is 17.7 Å². The Morgan fingerprint density at radius 2 is 1.78 bits per heavy atom. The second-order valence-electron chi connectivity index (χ2n) is 6.64. The summed E-state index contributed by atoms with van der Waals surface area (Å²) < 4.78 is 39.7. The molecule has 0 saturated heterocycles. The van der Waals surface area contributed by atoms with Gasteiger partial charge in [-0.1, -0.05) is 24.3 Å². The number of rotatable bonds is 6. The first-order valence-electron chi connectivity index (χ1n) is 8.56. The predicted octanol–water partition coefficient (Wildman–Crippen LogP) is 3.60. The normalized spacial score (nSPS) is 12.3. The van der Waals surface area contributed by atoms with E-state index in [1.807, 2.05) is 24.3 Å². The molecule has 144 valence electrons. The van der Waals surface area contributed by atoms with Crippen LogP contribution in [0.1, 0.15) is 30.8 Å². The fourth-order valence-corrected chi connectivity index (χ4v) is 2.58. The smallest absolute Gasteiger partial charge is 0.365 e. The van der Waals surface area contributed by atoms with Crippen molar-refractivity contribution in [3.63, 3.8) is 0 Å². The number of anilines is 1. The minimum absolute atomic E-state index is 0.0480. The molecular weight excluding hydrogens is 357 g/mol. The molecule has 1 aromatic carbocycles. The summed E-state index contributed by atoms with van der Waals surface area (Å²) in [4.78, 5) is 2.22. The number of nitrogens with one attached hydrogen (secondary N) is 1. The zero-order chi connectivity index (χ0) is 19.6. The SMILES string of the molecule is CC(C)N(C)Cc1ccccc1CNc1ccc2nnc(C(F)(F)F)n2n1. The molecule has 0 unspecified atom stereocenters. The van der Waals surface area contributed by atoms with E-state index in [1.165, 1.54) is 6.07 Å². The number of hydrogen-bond acceptors (Lipinski definition) is 5. The molecule has 2 aromatic heterocycles. The van der Waals surface area contributed by atoms with Crippen molar-refractivity contribution in [3.8, 4) is 0 Å². The molecule has 0 fully saturated rings. The summed E-state index contributed by atoms with van der Waals surface area (Å²) in [6.07, 6.45) is -4.61. The molecule has 1 N–H and O–H groups in total. The van der Waals surface area contributed by atoms with E-state index in [4.69, 9.17) is 0 Å². The van der Waals surface area contributed by atoms with Gasteiger partial charge in [-0.25, -0.2) is 0 Å². The van der Waals surface area contributed by atoms with Crippen molar-refractivity contribution in [3.05, 3.63) is 53.3 Å². The van der Waals surface area contributed by atoms with Crippen LogP contribution in [-0.2, 0) is 19.3 Å². The van der Waals surface area contributed by atoms with Gasteiger partial charge in [-0.05, 0) is 44.2 Å². The Morgan fingerprint density at radius 3 is 2.44 bits per heavy atom. The third kappa shape index (κ3) is 4.36. The van der Waals surface area contributed by atoms with Crippen LogP contribution in [0.3, 0.4) is 0 Å². The Hall–Kier alpha value is -2.68. The topological polar surface area (TPSA) is 58.3 Å². The van der Waals surface area contributed by atoms with Crippen molar-refractivity contribution >= 4 is 11.5 Å². The molecule has 9 heteroatoms. The van der Waals surface area contributed by atoms with Crippen molar-refractivity contribution in [2.75, 3.05) is 12.4 Å². The molecule has 0 amide bonds. The molecule has 0 aliphatic rings. The lowest BCUT2D eigenvalue weighted by molar-refractivity contribution is -0.146. The van der Waals surface area contributed by atoms with E-state index in [0.29, 0.717) is 22.9 Å². The van der Waals surface area contributed by atoms with E-state index in [2.05, 4.69) is 46.4 Å². The number of nitrogens with zero attached hydrogens (tertiary/aromatic N) is 5. The maximum Gasteiger partial charge on any atom is 0.453 e. The first-order chi connectivity index (χ1) is 12.8. The lowest BCUT2D eigenvalue weighted by atomic mass is 10.1. The molecule has 0 saturated carbocycles. The monoisotopic (exact) mass is 378 g/mol. The summed E-state index contributed by atoms with van der Waals surface area (Å²) in [6, 6.07) is 11.4. The Morgan fingerprint density at radius 1 is 1.07 bits per heavy atom. The highest BCUT2D eigenvalue weighted by atomic mass is 19.4. The first kappa shape index (κ1) is 19.1. The second-order valence-corrected chi connectivity index (χ2v) is 6.64. The van der Waals surface area contributed by atoms with Gasteiger partial charge in [0.05, 0.1) is 0 Å². The van der Waals surface area contributed by atoms with Gasteiger partial charge in [0, 0.05) is 19.1 Å². The van der Waals surface area contributed by atoms with Crippen LogP contribution in [0, 0.1) is 0 Å². The van der Waals surface area contributed by atoms with Gasteiger partial charge in [0.1, 0.15) is 5.82 Å². The van der Waals surface area contributed by atoms with Crippen molar-refractivity contribution in [2.45, 2.75) is 39.2 Å². The van der Waals surface area contributed by atoms with Crippen molar-refractivity contribution < 1.29 is 13.2 Å². The summed E-state index contributed by atoms with van der Waals surface area (Å²) >= 11 is 0. The van der Waals surface area contributed by atoms with Crippen molar-refractivity contribution in [1.29, 1.82) is 0 Å². The fourth-order valence-electron chi connectivity index (χ4n) is 2.58. The first-order valence-corrected chi connectivity index (χ1v) is 8.56. The summed E-state index contributed by atoms with van der Waals surface area (Å²) in [7, 11) is 2.05. The van der Waals surface area contributed by atoms with Gasteiger partial charge in [-0.3, -0.25) is 4.90 Å². The molecule has 0 aliphatic carbocycles. The van der Waals surface area contributed by atoms with Crippen LogP contribution in [0.2, 0.25) is 0 Å². The Bertz CT molecular complexity index is 919. The van der Waals surface area contributed by atoms with Gasteiger partial charge in [0.25, 0.3) is 5.82 Å². The maximum absolute atomic E-state index is 13.0. The van der Waals surface area contributed by atoms with Crippen LogP contribution in [0.4, 0.5) is 19.0 Å². The van der Waals surface area contributed by atoms with Gasteiger partial charge < -0.3 is 5.32 Å². The van der Waals surface area contributed by atoms with Gasteiger partial charge >= 0.3 is 6.18 Å². The molecule has 0 spiro atoms. The largest absolute Gasteiger partial charge is 0.453 e. The van der Waals surface area contributed by atoms with Crippen LogP contribution in [0.25, 0.3) is 5.65 Å². The van der Waals surface area contributed by atoms with Gasteiger partial charge in [0.15, 0.2) is 5.65 Å². The summed E-state index contributed by atoms with van der Waals surface area (Å²) in [5, 5.41) is 13.8. The second kappa shape index (κ2) is 7.51. The average molecular weight is 378 g/mol. The molecule has 3 aromatic rings. The van der Waals surface area contributed by atoms with Crippen LogP contribution in [0.15, 0.2) is 36.4 Å². The quantitative estimate of drug-likeness (QED) is 0.710. The number of alkyl halides is 3. The third-order valence-corrected chi connectivity index (χ3v) is 4.40. The van der Waals surface area contributed by atoms with E-state index < -0.39 is 12.0 Å². The predicted molar refractivity (Wildman–Crippen MR) is 96.2 cm³/mol. The standard InChI is InChI=1S/C18H21F3N6/c1-12(2)26(3)11-14-7-5-4-6-13(14)10-22-15-8-9-16-23-24-17(18(19,20)21)27(16)25-15/h4-9,12H,10-11H2,1-3H3,(H,22,25). The molecule has 0 radical (unpaired) electrons. The minimum Gasteiger partial charge on any atom is -0.365 e. The number of aromatic nitrogens is 4. The highest BCUT2D eigenvalue weighted by molar-refractivity contribution is 5.45. The van der Waals surface area contributed by atoms with Crippen molar-refractivity contribution in [2.24, 2.45) is 0 Å². The summed E-state index contributed by atoms with van der Waals surface area (Å²) in [5.41, 5.74) is 2.26. The van der Waals surface area contributed by atoms with Crippen LogP contribution in [-0.4, -0.2) is 37.8 Å². The van der Waals surface area contributed by atoms with E-state index in [1.54, 1.807) is 6.07 Å².